The molecule has 2 N–H and O–H groups in total. The molecule has 1 amide bonds. The number of carbonyl (C=O) groups excluding carboxylic acids is 1. The highest BCUT2D eigenvalue weighted by molar-refractivity contribution is 6.31. The normalized spacial score (nSPS) is 23.4. The quantitative estimate of drug-likeness (QED) is 0.894. The van der Waals surface area contributed by atoms with E-state index in [0.717, 1.165) is 25.1 Å². The molecule has 1 fully saturated rings. The molecule has 18 heavy (non-hydrogen) atoms. The van der Waals surface area contributed by atoms with Gasteiger partial charge in [-0.15, -0.1) is 0 Å². The summed E-state index contributed by atoms with van der Waals surface area (Å²) in [6, 6.07) is 5.42. The fourth-order valence-electron chi connectivity index (χ4n) is 2.32. The van der Waals surface area contributed by atoms with Gasteiger partial charge >= 0.3 is 0 Å². The maximum atomic E-state index is 12.4. The van der Waals surface area contributed by atoms with Crippen molar-refractivity contribution in [2.24, 2.45) is 11.1 Å². The van der Waals surface area contributed by atoms with E-state index in [1.165, 1.54) is 0 Å². The minimum absolute atomic E-state index is 0.0666. The van der Waals surface area contributed by atoms with Crippen molar-refractivity contribution in [2.45, 2.75) is 20.3 Å². The standard InChI is InChI=1S/C14H19ClN2O/c1-10-7-11(3-4-12(10)15)13(18)17-6-5-14(2,8-16)9-17/h3-4,7H,5-6,8-9,16H2,1-2H3. The van der Waals surface area contributed by atoms with Gasteiger partial charge in [0.15, 0.2) is 0 Å². The van der Waals surface area contributed by atoms with Crippen LogP contribution in [-0.2, 0) is 0 Å². The first-order valence-corrected chi connectivity index (χ1v) is 6.58. The van der Waals surface area contributed by atoms with E-state index in [2.05, 4.69) is 6.92 Å². The molecule has 1 saturated heterocycles. The van der Waals surface area contributed by atoms with Crippen LogP contribution < -0.4 is 5.73 Å². The van der Waals surface area contributed by atoms with Crippen LogP contribution in [0.4, 0.5) is 0 Å². The van der Waals surface area contributed by atoms with Gasteiger partial charge in [-0.1, -0.05) is 18.5 Å². The van der Waals surface area contributed by atoms with Gasteiger partial charge in [-0.25, -0.2) is 0 Å². The van der Waals surface area contributed by atoms with Crippen LogP contribution in [0.2, 0.25) is 5.02 Å². The Bertz CT molecular complexity index is 475. The van der Waals surface area contributed by atoms with E-state index in [4.69, 9.17) is 17.3 Å². The fraction of sp³-hybridized carbons (Fsp3) is 0.500. The third-order valence-corrected chi connectivity index (χ3v) is 4.17. The SMILES string of the molecule is Cc1cc(C(=O)N2CCC(C)(CN)C2)ccc1Cl. The smallest absolute Gasteiger partial charge is 0.253 e. The number of carbonyl (C=O) groups is 1. The first-order valence-electron chi connectivity index (χ1n) is 6.21. The number of rotatable bonds is 2. The Balaban J connectivity index is 2.15. The molecule has 4 heteroatoms. The van der Waals surface area contributed by atoms with E-state index in [1.807, 2.05) is 17.9 Å². The number of benzene rings is 1. The van der Waals surface area contributed by atoms with Crippen LogP contribution in [0.25, 0.3) is 0 Å². The minimum Gasteiger partial charge on any atom is -0.338 e. The molecule has 3 nitrogen and oxygen atoms in total. The van der Waals surface area contributed by atoms with Gasteiger partial charge in [-0.3, -0.25) is 4.79 Å². The highest BCUT2D eigenvalue weighted by Gasteiger charge is 2.35. The van der Waals surface area contributed by atoms with Gasteiger partial charge in [-0.05, 0) is 49.1 Å². The first-order chi connectivity index (χ1) is 8.45. The Morgan fingerprint density at radius 2 is 2.28 bits per heavy atom. The number of nitrogens with two attached hydrogens (primary N) is 1. The summed E-state index contributed by atoms with van der Waals surface area (Å²) in [7, 11) is 0. The summed E-state index contributed by atoms with van der Waals surface area (Å²) in [4.78, 5) is 14.2. The summed E-state index contributed by atoms with van der Waals surface area (Å²) in [5.41, 5.74) is 7.46. The molecule has 1 aliphatic rings. The number of likely N-dealkylation sites (tertiary alicyclic amines) is 1. The van der Waals surface area contributed by atoms with E-state index < -0.39 is 0 Å². The Hall–Kier alpha value is -1.06. The molecule has 98 valence electrons. The van der Waals surface area contributed by atoms with Crippen molar-refractivity contribution < 1.29 is 4.79 Å². The van der Waals surface area contributed by atoms with E-state index in [0.29, 0.717) is 17.1 Å². The van der Waals surface area contributed by atoms with Gasteiger partial charge in [0, 0.05) is 23.7 Å². The summed E-state index contributed by atoms with van der Waals surface area (Å²) in [5, 5.41) is 0.694. The molecule has 2 rings (SSSR count). The Morgan fingerprint density at radius 1 is 1.56 bits per heavy atom. The molecule has 0 radical (unpaired) electrons. The van der Waals surface area contributed by atoms with Crippen molar-refractivity contribution in [1.29, 1.82) is 0 Å². The number of hydrogen-bond acceptors (Lipinski definition) is 2. The molecule has 0 spiro atoms. The first kappa shape index (κ1) is 13.4. The zero-order valence-electron chi connectivity index (χ0n) is 10.9. The molecule has 1 aromatic carbocycles. The lowest BCUT2D eigenvalue weighted by Gasteiger charge is -2.22. The molecular weight excluding hydrogens is 248 g/mol. The van der Waals surface area contributed by atoms with E-state index in [9.17, 15) is 4.79 Å². The van der Waals surface area contributed by atoms with E-state index >= 15 is 0 Å². The highest BCUT2D eigenvalue weighted by Crippen LogP contribution is 2.29. The summed E-state index contributed by atoms with van der Waals surface area (Å²) >= 11 is 5.97. The second kappa shape index (κ2) is 4.90. The van der Waals surface area contributed by atoms with Gasteiger partial charge in [0.25, 0.3) is 5.91 Å². The van der Waals surface area contributed by atoms with E-state index in [-0.39, 0.29) is 11.3 Å². The Kier molecular flexibility index (Phi) is 3.64. The summed E-state index contributed by atoms with van der Waals surface area (Å²) < 4.78 is 0. The van der Waals surface area contributed by atoms with Gasteiger partial charge in [-0.2, -0.15) is 0 Å². The van der Waals surface area contributed by atoms with Crippen molar-refractivity contribution in [3.8, 4) is 0 Å². The average molecular weight is 267 g/mol. The number of nitrogens with zero attached hydrogens (tertiary/aromatic N) is 1. The molecule has 1 aromatic rings. The molecule has 0 bridgehead atoms. The van der Waals surface area contributed by atoms with Gasteiger partial charge in [0.1, 0.15) is 0 Å². The van der Waals surface area contributed by atoms with Crippen molar-refractivity contribution in [1.82, 2.24) is 4.90 Å². The van der Waals surface area contributed by atoms with Crippen LogP contribution in [0.5, 0.6) is 0 Å². The minimum atomic E-state index is 0.0666. The van der Waals surface area contributed by atoms with Gasteiger partial charge < -0.3 is 10.6 Å². The monoisotopic (exact) mass is 266 g/mol. The number of hydrogen-bond donors (Lipinski definition) is 1. The fourth-order valence-corrected chi connectivity index (χ4v) is 2.44. The lowest BCUT2D eigenvalue weighted by Crippen LogP contribution is -2.34. The lowest BCUT2D eigenvalue weighted by atomic mass is 9.90. The molecule has 1 unspecified atom stereocenters. The Morgan fingerprint density at radius 3 is 2.83 bits per heavy atom. The van der Waals surface area contributed by atoms with Gasteiger partial charge in [0.05, 0.1) is 0 Å². The summed E-state index contributed by atoms with van der Waals surface area (Å²) in [5.74, 6) is 0.0759. The van der Waals surface area contributed by atoms with Crippen LogP contribution >= 0.6 is 11.6 Å². The van der Waals surface area contributed by atoms with Crippen molar-refractivity contribution in [2.75, 3.05) is 19.6 Å². The predicted molar refractivity (Wildman–Crippen MR) is 73.9 cm³/mol. The second-order valence-electron chi connectivity index (χ2n) is 5.46. The van der Waals surface area contributed by atoms with Crippen LogP contribution in [-0.4, -0.2) is 30.4 Å². The maximum Gasteiger partial charge on any atom is 0.253 e. The van der Waals surface area contributed by atoms with Gasteiger partial charge in [0.2, 0.25) is 0 Å². The van der Waals surface area contributed by atoms with Crippen LogP contribution in [0, 0.1) is 12.3 Å². The molecule has 0 saturated carbocycles. The molecular formula is C14H19ClN2O. The van der Waals surface area contributed by atoms with Crippen molar-refractivity contribution >= 4 is 17.5 Å². The summed E-state index contributed by atoms with van der Waals surface area (Å²) in [6.07, 6.45) is 0.974. The topological polar surface area (TPSA) is 46.3 Å². The van der Waals surface area contributed by atoms with Crippen molar-refractivity contribution in [3.63, 3.8) is 0 Å². The largest absolute Gasteiger partial charge is 0.338 e. The highest BCUT2D eigenvalue weighted by atomic mass is 35.5. The van der Waals surface area contributed by atoms with Crippen LogP contribution in [0.1, 0.15) is 29.3 Å². The number of aryl methyl sites for hydroxylation is 1. The number of amides is 1. The van der Waals surface area contributed by atoms with Crippen LogP contribution in [0.3, 0.4) is 0 Å². The van der Waals surface area contributed by atoms with Crippen LogP contribution in [0.15, 0.2) is 18.2 Å². The lowest BCUT2D eigenvalue weighted by molar-refractivity contribution is 0.0777. The predicted octanol–water partition coefficient (Wildman–Crippen LogP) is 2.46. The second-order valence-corrected chi connectivity index (χ2v) is 5.86. The van der Waals surface area contributed by atoms with E-state index in [1.54, 1.807) is 12.1 Å². The summed E-state index contributed by atoms with van der Waals surface area (Å²) in [6.45, 7) is 6.19. The zero-order chi connectivity index (χ0) is 13.3. The molecule has 0 aliphatic carbocycles. The van der Waals surface area contributed by atoms with Crippen molar-refractivity contribution in [3.05, 3.63) is 34.3 Å². The third kappa shape index (κ3) is 2.52. The average Bonchev–Trinajstić information content (AvgIpc) is 2.75. The Labute approximate surface area is 113 Å². The molecule has 0 aromatic heterocycles. The third-order valence-electron chi connectivity index (χ3n) is 3.74. The molecule has 1 atom stereocenters. The maximum absolute atomic E-state index is 12.4. The molecule has 1 aliphatic heterocycles. The number of halogens is 1. The molecule has 1 heterocycles. The zero-order valence-corrected chi connectivity index (χ0v) is 11.6.